The van der Waals surface area contributed by atoms with Gasteiger partial charge in [0.1, 0.15) is 0 Å². The number of benzene rings is 1. The lowest BCUT2D eigenvalue weighted by Crippen LogP contribution is -2.33. The maximum Gasteiger partial charge on any atom is 0.340 e. The van der Waals surface area contributed by atoms with Crippen molar-refractivity contribution >= 4 is 28.8 Å². The van der Waals surface area contributed by atoms with Crippen LogP contribution in [0.5, 0.6) is 0 Å². The molecule has 0 atom stereocenters. The number of esters is 1. The molecule has 4 rings (SSSR count). The molecule has 3 heterocycles. The summed E-state index contributed by atoms with van der Waals surface area (Å²) < 4.78 is 7.13. The van der Waals surface area contributed by atoms with E-state index in [0.717, 1.165) is 10.6 Å². The molecule has 3 aromatic rings. The van der Waals surface area contributed by atoms with Gasteiger partial charge in [-0.1, -0.05) is 26.0 Å². The van der Waals surface area contributed by atoms with E-state index in [2.05, 4.69) is 10.1 Å². The SMILES string of the molecule is CC(C)c1cc(C(=O)OCN2C(=O)c3ccccc3C2=O)c2cnn(C(C)C)c2n1. The van der Waals surface area contributed by atoms with Crippen LogP contribution >= 0.6 is 0 Å². The number of ether oxygens (including phenoxy) is 1. The van der Waals surface area contributed by atoms with Crippen molar-refractivity contribution < 1.29 is 19.1 Å². The Morgan fingerprint density at radius 2 is 1.70 bits per heavy atom. The molecule has 0 fully saturated rings. The lowest BCUT2D eigenvalue weighted by molar-refractivity contribution is 0.0229. The van der Waals surface area contributed by atoms with E-state index < -0.39 is 24.5 Å². The van der Waals surface area contributed by atoms with Crippen molar-refractivity contribution in [2.24, 2.45) is 0 Å². The number of amides is 2. The van der Waals surface area contributed by atoms with Gasteiger partial charge in [-0.05, 0) is 38.0 Å². The average molecular weight is 406 g/mol. The van der Waals surface area contributed by atoms with Crippen LogP contribution < -0.4 is 0 Å². The van der Waals surface area contributed by atoms with Gasteiger partial charge in [-0.2, -0.15) is 5.10 Å². The van der Waals surface area contributed by atoms with Crippen LogP contribution in [0.15, 0.2) is 36.5 Å². The zero-order chi connectivity index (χ0) is 21.6. The quantitative estimate of drug-likeness (QED) is 0.475. The average Bonchev–Trinajstić information content (AvgIpc) is 3.26. The Morgan fingerprint density at radius 1 is 1.07 bits per heavy atom. The van der Waals surface area contributed by atoms with Gasteiger partial charge in [0.2, 0.25) is 0 Å². The van der Waals surface area contributed by atoms with Crippen molar-refractivity contribution in [2.45, 2.75) is 39.7 Å². The normalized spacial score (nSPS) is 13.6. The Labute approximate surface area is 173 Å². The van der Waals surface area contributed by atoms with E-state index in [4.69, 9.17) is 4.74 Å². The summed E-state index contributed by atoms with van der Waals surface area (Å²) in [5, 5.41) is 4.92. The molecule has 0 N–H and O–H groups in total. The van der Waals surface area contributed by atoms with Gasteiger partial charge >= 0.3 is 5.97 Å². The lowest BCUT2D eigenvalue weighted by Gasteiger charge is -2.15. The Bertz CT molecular complexity index is 1140. The highest BCUT2D eigenvalue weighted by molar-refractivity contribution is 6.21. The summed E-state index contributed by atoms with van der Waals surface area (Å²) in [5.74, 6) is -1.49. The van der Waals surface area contributed by atoms with E-state index in [1.165, 1.54) is 0 Å². The fourth-order valence-corrected chi connectivity index (χ4v) is 3.44. The second-order valence-corrected chi connectivity index (χ2v) is 7.81. The molecular formula is C22H22N4O4. The molecule has 2 amide bonds. The molecule has 30 heavy (non-hydrogen) atoms. The van der Waals surface area contributed by atoms with E-state index in [-0.39, 0.29) is 12.0 Å². The first-order valence-corrected chi connectivity index (χ1v) is 9.80. The number of fused-ring (bicyclic) bond motifs is 2. The summed E-state index contributed by atoms with van der Waals surface area (Å²) >= 11 is 0. The van der Waals surface area contributed by atoms with Gasteiger partial charge < -0.3 is 4.74 Å². The number of pyridine rings is 1. The predicted molar refractivity (Wildman–Crippen MR) is 109 cm³/mol. The Hall–Kier alpha value is -3.55. The summed E-state index contributed by atoms with van der Waals surface area (Å²) in [6.45, 7) is 7.48. The van der Waals surface area contributed by atoms with E-state index in [1.807, 2.05) is 27.7 Å². The third-order valence-electron chi connectivity index (χ3n) is 5.09. The minimum absolute atomic E-state index is 0.0691. The third kappa shape index (κ3) is 3.14. The summed E-state index contributed by atoms with van der Waals surface area (Å²) in [7, 11) is 0. The first kappa shape index (κ1) is 19.8. The second-order valence-electron chi connectivity index (χ2n) is 7.81. The van der Waals surface area contributed by atoms with Crippen LogP contribution in [0.25, 0.3) is 11.0 Å². The van der Waals surface area contributed by atoms with Gasteiger partial charge in [-0.25, -0.2) is 19.4 Å². The summed E-state index contributed by atoms with van der Waals surface area (Å²) in [6, 6.07) is 8.29. The highest BCUT2D eigenvalue weighted by Gasteiger charge is 2.36. The monoisotopic (exact) mass is 406 g/mol. The number of imide groups is 1. The van der Waals surface area contributed by atoms with E-state index in [1.54, 1.807) is 41.2 Å². The van der Waals surface area contributed by atoms with Crippen LogP contribution in [0.1, 0.15) is 76.4 Å². The van der Waals surface area contributed by atoms with Gasteiger partial charge in [0.15, 0.2) is 12.4 Å². The van der Waals surface area contributed by atoms with Gasteiger partial charge in [0, 0.05) is 11.7 Å². The molecule has 2 aromatic heterocycles. The van der Waals surface area contributed by atoms with Gasteiger partial charge in [0.05, 0.1) is 28.3 Å². The molecule has 0 saturated heterocycles. The largest absolute Gasteiger partial charge is 0.440 e. The molecule has 0 unspecified atom stereocenters. The minimum Gasteiger partial charge on any atom is -0.440 e. The smallest absolute Gasteiger partial charge is 0.340 e. The molecule has 154 valence electrons. The second kappa shape index (κ2) is 7.37. The van der Waals surface area contributed by atoms with Crippen molar-refractivity contribution in [1.82, 2.24) is 19.7 Å². The highest BCUT2D eigenvalue weighted by atomic mass is 16.5. The molecule has 1 aromatic carbocycles. The number of rotatable bonds is 5. The number of nitrogens with zero attached hydrogens (tertiary/aromatic N) is 4. The standard InChI is InChI=1S/C22H22N4O4/c1-12(2)18-9-16(17-10-23-26(13(3)4)19(17)24-18)22(29)30-11-25-20(27)14-7-5-6-8-15(14)21(25)28/h5-10,12-13H,11H2,1-4H3. The van der Waals surface area contributed by atoms with Crippen molar-refractivity contribution in [1.29, 1.82) is 0 Å². The molecule has 1 aliphatic heterocycles. The van der Waals surface area contributed by atoms with Crippen LogP contribution in [-0.2, 0) is 4.74 Å². The number of carbonyl (C=O) groups is 3. The van der Waals surface area contributed by atoms with Crippen molar-refractivity contribution in [3.05, 3.63) is 58.9 Å². The Kier molecular flexibility index (Phi) is 4.85. The van der Waals surface area contributed by atoms with Crippen LogP contribution in [0.2, 0.25) is 0 Å². The highest BCUT2D eigenvalue weighted by Crippen LogP contribution is 2.26. The van der Waals surface area contributed by atoms with Crippen LogP contribution in [0, 0.1) is 0 Å². The summed E-state index contributed by atoms with van der Waals surface area (Å²) in [5.41, 5.74) is 2.27. The van der Waals surface area contributed by atoms with E-state index in [0.29, 0.717) is 27.7 Å². The molecular weight excluding hydrogens is 384 g/mol. The topological polar surface area (TPSA) is 94.4 Å². The maximum atomic E-state index is 12.9. The number of aromatic nitrogens is 3. The first-order valence-electron chi connectivity index (χ1n) is 9.80. The van der Waals surface area contributed by atoms with E-state index in [9.17, 15) is 14.4 Å². The summed E-state index contributed by atoms with van der Waals surface area (Å²) in [4.78, 5) is 43.5. The van der Waals surface area contributed by atoms with E-state index >= 15 is 0 Å². The van der Waals surface area contributed by atoms with Gasteiger partial charge in [-0.15, -0.1) is 0 Å². The zero-order valence-corrected chi connectivity index (χ0v) is 17.2. The molecule has 0 aliphatic carbocycles. The minimum atomic E-state index is -0.635. The van der Waals surface area contributed by atoms with Crippen LogP contribution in [0.4, 0.5) is 0 Å². The molecule has 0 saturated carbocycles. The van der Waals surface area contributed by atoms with Gasteiger partial charge in [0.25, 0.3) is 11.8 Å². The zero-order valence-electron chi connectivity index (χ0n) is 17.2. The first-order chi connectivity index (χ1) is 14.3. The molecule has 8 nitrogen and oxygen atoms in total. The lowest BCUT2D eigenvalue weighted by atomic mass is 10.1. The molecule has 0 spiro atoms. The van der Waals surface area contributed by atoms with Crippen molar-refractivity contribution in [2.75, 3.05) is 6.73 Å². The van der Waals surface area contributed by atoms with Crippen molar-refractivity contribution in [3.63, 3.8) is 0 Å². The summed E-state index contributed by atoms with van der Waals surface area (Å²) in [6.07, 6.45) is 1.59. The Morgan fingerprint density at radius 3 is 2.27 bits per heavy atom. The Balaban J connectivity index is 1.63. The third-order valence-corrected chi connectivity index (χ3v) is 5.09. The molecule has 8 heteroatoms. The molecule has 0 bridgehead atoms. The number of hydrogen-bond acceptors (Lipinski definition) is 6. The molecule has 0 radical (unpaired) electrons. The number of hydrogen-bond donors (Lipinski definition) is 0. The predicted octanol–water partition coefficient (Wildman–Crippen LogP) is 3.55. The number of carbonyl (C=O) groups excluding carboxylic acids is 3. The van der Waals surface area contributed by atoms with Crippen molar-refractivity contribution in [3.8, 4) is 0 Å². The molecule has 1 aliphatic rings. The fourth-order valence-electron chi connectivity index (χ4n) is 3.44. The van der Waals surface area contributed by atoms with Gasteiger partial charge in [-0.3, -0.25) is 9.59 Å². The van der Waals surface area contributed by atoms with Crippen LogP contribution in [0.3, 0.4) is 0 Å². The maximum absolute atomic E-state index is 12.9. The van der Waals surface area contributed by atoms with Crippen LogP contribution in [-0.4, -0.2) is 44.2 Å². The fraction of sp³-hybridized carbons (Fsp3) is 0.318.